The SMILES string of the molecule is Cc1cccc(C(=N)N)c1N1CCC(C)(O)C1. The maximum Gasteiger partial charge on any atom is 0.124 e. The zero-order valence-electron chi connectivity index (χ0n) is 10.3. The normalized spacial score (nSPS) is 24.1. The number of hydrogen-bond acceptors (Lipinski definition) is 3. The Balaban J connectivity index is 2.42. The highest BCUT2D eigenvalue weighted by atomic mass is 16.3. The van der Waals surface area contributed by atoms with Crippen LogP contribution in [0, 0.1) is 12.3 Å². The molecule has 1 aromatic carbocycles. The van der Waals surface area contributed by atoms with E-state index in [2.05, 4.69) is 4.90 Å². The number of amidine groups is 1. The molecule has 0 amide bonds. The molecule has 1 saturated heterocycles. The number of aliphatic hydroxyl groups is 1. The van der Waals surface area contributed by atoms with Crippen molar-refractivity contribution in [1.29, 1.82) is 5.41 Å². The van der Waals surface area contributed by atoms with Gasteiger partial charge in [-0.3, -0.25) is 5.41 Å². The third-order valence-corrected chi connectivity index (χ3v) is 3.30. The minimum Gasteiger partial charge on any atom is -0.388 e. The van der Waals surface area contributed by atoms with Gasteiger partial charge in [0.2, 0.25) is 0 Å². The molecule has 1 fully saturated rings. The first kappa shape index (κ1) is 11.9. The van der Waals surface area contributed by atoms with E-state index in [4.69, 9.17) is 11.1 Å². The van der Waals surface area contributed by atoms with E-state index < -0.39 is 5.60 Å². The Labute approximate surface area is 102 Å². The van der Waals surface area contributed by atoms with Crippen LogP contribution >= 0.6 is 0 Å². The van der Waals surface area contributed by atoms with E-state index in [1.54, 1.807) is 0 Å². The molecule has 4 N–H and O–H groups in total. The fraction of sp³-hybridized carbons (Fsp3) is 0.462. The van der Waals surface area contributed by atoms with E-state index in [1.165, 1.54) is 0 Å². The number of hydrogen-bond donors (Lipinski definition) is 3. The predicted octanol–water partition coefficient (Wildman–Crippen LogP) is 1.24. The second-order valence-electron chi connectivity index (χ2n) is 5.05. The van der Waals surface area contributed by atoms with Crippen LogP contribution < -0.4 is 10.6 Å². The Kier molecular flexibility index (Phi) is 2.83. The van der Waals surface area contributed by atoms with Crippen molar-refractivity contribution >= 4 is 11.5 Å². The maximum absolute atomic E-state index is 10.0. The number of benzene rings is 1. The number of nitrogens with zero attached hydrogens (tertiary/aromatic N) is 1. The van der Waals surface area contributed by atoms with Gasteiger partial charge in [0.25, 0.3) is 0 Å². The molecule has 1 heterocycles. The van der Waals surface area contributed by atoms with E-state index in [0.717, 1.165) is 29.8 Å². The second kappa shape index (κ2) is 4.04. The molecule has 0 aliphatic carbocycles. The van der Waals surface area contributed by atoms with Crippen LogP contribution in [0.5, 0.6) is 0 Å². The highest BCUT2D eigenvalue weighted by Crippen LogP contribution is 2.31. The van der Waals surface area contributed by atoms with E-state index in [0.29, 0.717) is 6.54 Å². The summed E-state index contributed by atoms with van der Waals surface area (Å²) in [5, 5.41) is 17.6. The Morgan fingerprint density at radius 3 is 2.76 bits per heavy atom. The van der Waals surface area contributed by atoms with Crippen molar-refractivity contribution in [2.75, 3.05) is 18.0 Å². The predicted molar refractivity (Wildman–Crippen MR) is 69.6 cm³/mol. The lowest BCUT2D eigenvalue weighted by molar-refractivity contribution is 0.0839. The van der Waals surface area contributed by atoms with Gasteiger partial charge in [-0.1, -0.05) is 12.1 Å². The summed E-state index contributed by atoms with van der Waals surface area (Å²) in [6.07, 6.45) is 0.749. The molecule has 1 atom stereocenters. The number of nitrogens with one attached hydrogen (secondary N) is 1. The largest absolute Gasteiger partial charge is 0.388 e. The minimum absolute atomic E-state index is 0.0789. The molecule has 1 aliphatic rings. The van der Waals surface area contributed by atoms with Crippen LogP contribution in [0.15, 0.2) is 18.2 Å². The van der Waals surface area contributed by atoms with Gasteiger partial charge < -0.3 is 15.7 Å². The molecule has 4 heteroatoms. The van der Waals surface area contributed by atoms with Crippen molar-refractivity contribution < 1.29 is 5.11 Å². The summed E-state index contributed by atoms with van der Waals surface area (Å²) < 4.78 is 0. The molecular formula is C13H19N3O. The van der Waals surface area contributed by atoms with Gasteiger partial charge in [-0.2, -0.15) is 0 Å². The van der Waals surface area contributed by atoms with Crippen molar-refractivity contribution in [2.24, 2.45) is 5.73 Å². The van der Waals surface area contributed by atoms with Gasteiger partial charge in [0.1, 0.15) is 5.84 Å². The Morgan fingerprint density at radius 2 is 2.24 bits per heavy atom. The van der Waals surface area contributed by atoms with Gasteiger partial charge in [0, 0.05) is 18.7 Å². The zero-order chi connectivity index (χ0) is 12.6. The summed E-state index contributed by atoms with van der Waals surface area (Å²) in [4.78, 5) is 2.12. The van der Waals surface area contributed by atoms with Crippen molar-refractivity contribution in [2.45, 2.75) is 25.9 Å². The third kappa shape index (κ3) is 2.26. The average Bonchev–Trinajstić information content (AvgIpc) is 2.58. The third-order valence-electron chi connectivity index (χ3n) is 3.30. The van der Waals surface area contributed by atoms with Gasteiger partial charge in [-0.05, 0) is 31.9 Å². The molecule has 1 unspecified atom stereocenters. The van der Waals surface area contributed by atoms with Crippen LogP contribution in [0.3, 0.4) is 0 Å². The summed E-state index contributed by atoms with van der Waals surface area (Å²) in [5.41, 5.74) is 7.80. The lowest BCUT2D eigenvalue weighted by atomic mass is 10.1. The van der Waals surface area contributed by atoms with Crippen LogP contribution in [0.25, 0.3) is 0 Å². The smallest absolute Gasteiger partial charge is 0.124 e. The second-order valence-corrected chi connectivity index (χ2v) is 5.05. The van der Waals surface area contributed by atoms with Crippen LogP contribution in [-0.2, 0) is 0 Å². The number of β-amino-alcohol motifs (C(OH)–C–C–N with tert-alkyl or cyclic N) is 1. The first-order valence-electron chi connectivity index (χ1n) is 5.82. The van der Waals surface area contributed by atoms with Crippen LogP contribution in [0.2, 0.25) is 0 Å². The van der Waals surface area contributed by atoms with Crippen molar-refractivity contribution in [3.63, 3.8) is 0 Å². The lowest BCUT2D eigenvalue weighted by Gasteiger charge is -2.25. The van der Waals surface area contributed by atoms with Gasteiger partial charge in [-0.25, -0.2) is 0 Å². The van der Waals surface area contributed by atoms with Crippen LogP contribution in [-0.4, -0.2) is 29.6 Å². The number of rotatable bonds is 2. The molecule has 92 valence electrons. The standard InChI is InChI=1S/C13H19N3O/c1-9-4-3-5-10(12(14)15)11(9)16-7-6-13(2,17)8-16/h3-5,17H,6-8H2,1-2H3,(H3,14,15). The summed E-state index contributed by atoms with van der Waals surface area (Å²) >= 11 is 0. The summed E-state index contributed by atoms with van der Waals surface area (Å²) in [6.45, 7) is 5.25. The number of anilines is 1. The first-order valence-corrected chi connectivity index (χ1v) is 5.82. The van der Waals surface area contributed by atoms with Gasteiger partial charge in [0.15, 0.2) is 0 Å². The van der Waals surface area contributed by atoms with E-state index in [-0.39, 0.29) is 5.84 Å². The molecule has 1 aromatic rings. The molecule has 0 saturated carbocycles. The molecular weight excluding hydrogens is 214 g/mol. The average molecular weight is 233 g/mol. The van der Waals surface area contributed by atoms with Gasteiger partial charge >= 0.3 is 0 Å². The van der Waals surface area contributed by atoms with Crippen LogP contribution in [0.4, 0.5) is 5.69 Å². The molecule has 1 aliphatic heterocycles. The van der Waals surface area contributed by atoms with E-state index in [1.807, 2.05) is 32.0 Å². The summed E-state index contributed by atoms with van der Waals surface area (Å²) in [5.74, 6) is 0.0789. The Morgan fingerprint density at radius 1 is 1.53 bits per heavy atom. The molecule has 17 heavy (non-hydrogen) atoms. The number of nitrogen functional groups attached to an aromatic ring is 1. The lowest BCUT2D eigenvalue weighted by Crippen LogP contribution is -2.31. The molecule has 0 radical (unpaired) electrons. The summed E-state index contributed by atoms with van der Waals surface area (Å²) in [6, 6.07) is 5.77. The maximum atomic E-state index is 10.0. The van der Waals surface area contributed by atoms with Gasteiger partial charge in [-0.15, -0.1) is 0 Å². The Hall–Kier alpha value is -1.55. The minimum atomic E-state index is -0.643. The monoisotopic (exact) mass is 233 g/mol. The highest BCUT2D eigenvalue weighted by Gasteiger charge is 2.33. The molecule has 2 rings (SSSR count). The number of aryl methyl sites for hydroxylation is 1. The Bertz CT molecular complexity index is 454. The van der Waals surface area contributed by atoms with Crippen LogP contribution in [0.1, 0.15) is 24.5 Å². The fourth-order valence-corrected chi connectivity index (χ4v) is 2.43. The fourth-order valence-electron chi connectivity index (χ4n) is 2.43. The van der Waals surface area contributed by atoms with Crippen molar-refractivity contribution in [1.82, 2.24) is 0 Å². The quantitative estimate of drug-likeness (QED) is 0.531. The van der Waals surface area contributed by atoms with Crippen molar-refractivity contribution in [3.05, 3.63) is 29.3 Å². The van der Waals surface area contributed by atoms with Crippen molar-refractivity contribution in [3.8, 4) is 0 Å². The highest BCUT2D eigenvalue weighted by molar-refractivity contribution is 6.01. The molecule has 4 nitrogen and oxygen atoms in total. The first-order chi connectivity index (χ1) is 7.91. The topological polar surface area (TPSA) is 73.3 Å². The van der Waals surface area contributed by atoms with Gasteiger partial charge in [0.05, 0.1) is 11.3 Å². The molecule has 0 bridgehead atoms. The van der Waals surface area contributed by atoms with E-state index >= 15 is 0 Å². The number of para-hydroxylation sites is 1. The summed E-state index contributed by atoms with van der Waals surface area (Å²) in [7, 11) is 0. The van der Waals surface area contributed by atoms with E-state index in [9.17, 15) is 5.11 Å². The number of nitrogens with two attached hydrogens (primary N) is 1. The molecule has 0 aromatic heterocycles. The molecule has 0 spiro atoms. The zero-order valence-corrected chi connectivity index (χ0v) is 10.3.